The molecule has 31 heavy (non-hydrogen) atoms. The van der Waals surface area contributed by atoms with Gasteiger partial charge in [0.2, 0.25) is 0 Å². The van der Waals surface area contributed by atoms with Crippen LogP contribution in [-0.4, -0.2) is 55.1 Å². The predicted molar refractivity (Wildman–Crippen MR) is 110 cm³/mol. The number of benzene rings is 1. The molecule has 1 amide bonds. The topological polar surface area (TPSA) is 135 Å². The Kier molecular flexibility index (Phi) is 5.21. The van der Waals surface area contributed by atoms with Gasteiger partial charge < -0.3 is 19.3 Å². The fourth-order valence-corrected chi connectivity index (χ4v) is 5.34. The van der Waals surface area contributed by atoms with Crippen molar-refractivity contribution in [1.29, 1.82) is 0 Å². The van der Waals surface area contributed by atoms with Gasteiger partial charge in [0.1, 0.15) is 11.4 Å². The second kappa shape index (κ2) is 7.73. The fraction of sp³-hybridized carbons (Fsp3) is 0.350. The molecular weight excluding hydrogens is 426 g/mol. The Morgan fingerprint density at radius 3 is 2.45 bits per heavy atom. The van der Waals surface area contributed by atoms with Crippen molar-refractivity contribution >= 4 is 27.6 Å². The van der Waals surface area contributed by atoms with Gasteiger partial charge in [-0.2, -0.15) is 0 Å². The molecule has 0 spiro atoms. The Morgan fingerprint density at radius 2 is 1.81 bits per heavy atom. The van der Waals surface area contributed by atoms with E-state index >= 15 is 0 Å². The van der Waals surface area contributed by atoms with Gasteiger partial charge in [-0.05, 0) is 48.7 Å². The maximum Gasteiger partial charge on any atom is 0.394 e. The first-order valence-corrected chi connectivity index (χ1v) is 11.1. The van der Waals surface area contributed by atoms with Crippen molar-refractivity contribution in [3.05, 3.63) is 52.4 Å². The average molecular weight is 447 g/mol. The van der Waals surface area contributed by atoms with Crippen molar-refractivity contribution in [2.45, 2.75) is 23.8 Å². The number of amides is 1. The van der Waals surface area contributed by atoms with Crippen LogP contribution in [0.2, 0.25) is 0 Å². The molecule has 10 nitrogen and oxygen atoms in total. The number of hydrogen-bond donors (Lipinski definition) is 2. The number of aliphatic carboxylic acids is 1. The van der Waals surface area contributed by atoms with E-state index in [1.165, 1.54) is 46.9 Å². The summed E-state index contributed by atoms with van der Waals surface area (Å²) in [6.07, 6.45) is 0.736. The molecule has 2 bridgehead atoms. The molecule has 1 aromatic heterocycles. The normalized spacial score (nSPS) is 20.0. The summed E-state index contributed by atoms with van der Waals surface area (Å²) >= 11 is 0. The van der Waals surface area contributed by atoms with E-state index in [0.717, 1.165) is 6.42 Å². The summed E-state index contributed by atoms with van der Waals surface area (Å²) in [6.45, 7) is 0.736. The number of anilines is 1. The van der Waals surface area contributed by atoms with Crippen LogP contribution in [0.1, 0.15) is 18.0 Å². The lowest BCUT2D eigenvalue weighted by molar-refractivity contribution is -0.157. The first kappa shape index (κ1) is 20.9. The van der Waals surface area contributed by atoms with Crippen LogP contribution in [0.15, 0.2) is 46.1 Å². The van der Waals surface area contributed by atoms with Gasteiger partial charge in [-0.3, -0.25) is 14.3 Å². The number of sulfonamides is 1. The van der Waals surface area contributed by atoms with Crippen molar-refractivity contribution in [2.24, 2.45) is 5.92 Å². The second-order valence-electron chi connectivity index (χ2n) is 7.68. The van der Waals surface area contributed by atoms with Crippen LogP contribution in [0.25, 0.3) is 0 Å². The largest absolute Gasteiger partial charge is 0.497 e. The molecule has 0 aliphatic carbocycles. The Morgan fingerprint density at radius 1 is 1.10 bits per heavy atom. The monoisotopic (exact) mass is 447 g/mol. The zero-order valence-corrected chi connectivity index (χ0v) is 17.5. The molecule has 2 aromatic rings. The molecule has 1 saturated heterocycles. The number of nitrogens with zero attached hydrogens (tertiary/aromatic N) is 2. The molecule has 0 radical (unpaired) electrons. The molecule has 0 unspecified atom stereocenters. The van der Waals surface area contributed by atoms with Crippen molar-refractivity contribution < 1.29 is 27.9 Å². The molecule has 4 rings (SSSR count). The standard InChI is InChI=1S/C20H21N3O7S/c1-30-14-2-4-15(5-3-14)31(28,29)21-16-6-7-17-13-8-12(10-23(17)18(16)24)9-22(11-13)19(25)20(26)27/h2-7,12-13,21H,8-11H2,1H3,(H,26,27)/t12-,13-/m1/s1. The summed E-state index contributed by atoms with van der Waals surface area (Å²) in [7, 11) is -2.50. The van der Waals surface area contributed by atoms with Gasteiger partial charge in [0.25, 0.3) is 15.6 Å². The van der Waals surface area contributed by atoms with E-state index in [1.54, 1.807) is 6.07 Å². The quantitative estimate of drug-likeness (QED) is 0.658. The van der Waals surface area contributed by atoms with Crippen LogP contribution in [0.4, 0.5) is 5.69 Å². The van der Waals surface area contributed by atoms with Gasteiger partial charge in [-0.25, -0.2) is 13.2 Å². The predicted octanol–water partition coefficient (Wildman–Crippen LogP) is 0.688. The zero-order chi connectivity index (χ0) is 22.3. The molecule has 2 atom stereocenters. The third-order valence-corrected chi connectivity index (χ3v) is 7.07. The van der Waals surface area contributed by atoms with Gasteiger partial charge in [-0.15, -0.1) is 0 Å². The Balaban J connectivity index is 1.61. The van der Waals surface area contributed by atoms with Crippen LogP contribution >= 0.6 is 0 Å². The highest BCUT2D eigenvalue weighted by Crippen LogP contribution is 2.35. The van der Waals surface area contributed by atoms with Crippen molar-refractivity contribution in [2.75, 3.05) is 24.9 Å². The molecule has 2 aliphatic heterocycles. The summed E-state index contributed by atoms with van der Waals surface area (Å²) in [5.74, 6) is -2.21. The van der Waals surface area contributed by atoms with E-state index in [2.05, 4.69) is 4.72 Å². The second-order valence-corrected chi connectivity index (χ2v) is 9.37. The number of carboxylic acids is 1. The van der Waals surface area contributed by atoms with Gasteiger partial charge >= 0.3 is 11.9 Å². The van der Waals surface area contributed by atoms with E-state index in [4.69, 9.17) is 9.84 Å². The molecule has 3 heterocycles. The number of aromatic nitrogens is 1. The summed E-state index contributed by atoms with van der Waals surface area (Å²) in [5, 5.41) is 8.99. The van der Waals surface area contributed by atoms with Crippen molar-refractivity contribution in [3.8, 4) is 5.75 Å². The Labute approximate surface area is 178 Å². The lowest BCUT2D eigenvalue weighted by atomic mass is 9.83. The van der Waals surface area contributed by atoms with Crippen LogP contribution in [0, 0.1) is 5.92 Å². The van der Waals surface area contributed by atoms with Crippen LogP contribution in [-0.2, 0) is 26.2 Å². The van der Waals surface area contributed by atoms with Crippen molar-refractivity contribution in [3.63, 3.8) is 0 Å². The number of likely N-dealkylation sites (tertiary alicyclic amines) is 1. The van der Waals surface area contributed by atoms with Gasteiger partial charge in [-0.1, -0.05) is 0 Å². The zero-order valence-electron chi connectivity index (χ0n) is 16.6. The van der Waals surface area contributed by atoms with E-state index < -0.39 is 27.5 Å². The number of ether oxygens (including phenoxy) is 1. The number of carbonyl (C=O) groups is 2. The molecule has 1 fully saturated rings. The Hall–Kier alpha value is -3.34. The van der Waals surface area contributed by atoms with Gasteiger partial charge in [0, 0.05) is 31.2 Å². The highest BCUT2D eigenvalue weighted by atomic mass is 32.2. The number of fused-ring (bicyclic) bond motifs is 4. The molecule has 0 saturated carbocycles. The fourth-order valence-electron chi connectivity index (χ4n) is 4.28. The average Bonchev–Trinajstić information content (AvgIpc) is 2.75. The minimum absolute atomic E-state index is 0.00452. The van der Waals surface area contributed by atoms with Crippen molar-refractivity contribution in [1.82, 2.24) is 9.47 Å². The van der Waals surface area contributed by atoms with E-state index in [1.807, 2.05) is 0 Å². The number of rotatable bonds is 4. The third-order valence-electron chi connectivity index (χ3n) is 5.69. The van der Waals surface area contributed by atoms with Gasteiger partial charge in [0.05, 0.1) is 12.0 Å². The number of hydrogen-bond acceptors (Lipinski definition) is 6. The maximum atomic E-state index is 13.0. The third kappa shape index (κ3) is 3.88. The number of pyridine rings is 1. The maximum absolute atomic E-state index is 13.0. The van der Waals surface area contributed by atoms with Gasteiger partial charge in [0.15, 0.2) is 0 Å². The summed E-state index contributed by atoms with van der Waals surface area (Å²) in [4.78, 5) is 37.2. The number of carbonyl (C=O) groups excluding carboxylic acids is 1. The summed E-state index contributed by atoms with van der Waals surface area (Å²) in [5.41, 5.74) is 0.122. The number of piperidine rings is 1. The summed E-state index contributed by atoms with van der Waals surface area (Å²) < 4.78 is 34.3. The first-order valence-electron chi connectivity index (χ1n) is 9.62. The molecule has 11 heteroatoms. The van der Waals surface area contributed by atoms with E-state index in [9.17, 15) is 22.8 Å². The smallest absolute Gasteiger partial charge is 0.394 e. The highest BCUT2D eigenvalue weighted by Gasteiger charge is 2.38. The molecular formula is C20H21N3O7S. The molecule has 1 aromatic carbocycles. The minimum atomic E-state index is -3.97. The lowest BCUT2D eigenvalue weighted by Gasteiger charge is -2.42. The van der Waals surface area contributed by atoms with Crippen LogP contribution in [0.3, 0.4) is 0 Å². The molecule has 2 N–H and O–H groups in total. The van der Waals surface area contributed by atoms with E-state index in [-0.39, 0.29) is 42.1 Å². The summed E-state index contributed by atoms with van der Waals surface area (Å²) in [6, 6.07) is 8.86. The van der Waals surface area contributed by atoms with Crippen LogP contribution in [0.5, 0.6) is 5.75 Å². The highest BCUT2D eigenvalue weighted by molar-refractivity contribution is 7.92. The number of carboxylic acid groups (broad SMARTS) is 1. The van der Waals surface area contributed by atoms with E-state index in [0.29, 0.717) is 11.4 Å². The molecule has 164 valence electrons. The van der Waals surface area contributed by atoms with Crippen LogP contribution < -0.4 is 15.0 Å². The molecule has 2 aliphatic rings. The lowest BCUT2D eigenvalue weighted by Crippen LogP contribution is -2.51. The number of methoxy groups -OCH3 is 1. The minimum Gasteiger partial charge on any atom is -0.497 e. The Bertz CT molecular complexity index is 1200. The first-order chi connectivity index (χ1) is 14.7. The SMILES string of the molecule is COc1ccc(S(=O)(=O)Nc2ccc3n(c2=O)C[C@@H]2C[C@@H]3CN(C(=O)C(=O)O)C2)cc1. The number of nitrogens with one attached hydrogen (secondary N) is 1.